The van der Waals surface area contributed by atoms with E-state index in [2.05, 4.69) is 10.3 Å². The topological polar surface area (TPSA) is 82.5 Å². The summed E-state index contributed by atoms with van der Waals surface area (Å²) >= 11 is 0. The minimum Gasteiger partial charge on any atom is -0.481 e. The molecule has 0 aromatic carbocycles. The number of pyridine rings is 1. The highest BCUT2D eigenvalue weighted by Crippen LogP contribution is 2.22. The Morgan fingerprint density at radius 3 is 2.62 bits per heavy atom. The van der Waals surface area contributed by atoms with Crippen LogP contribution in [0.5, 0.6) is 0 Å². The monoisotopic (exact) mass is 291 g/mol. The molecule has 0 bridgehead atoms. The van der Waals surface area contributed by atoms with Crippen molar-refractivity contribution in [1.29, 1.82) is 0 Å². The number of hydrogen-bond donors (Lipinski definition) is 2. The second kappa shape index (κ2) is 7.06. The Kier molecular flexibility index (Phi) is 5.14. The van der Waals surface area contributed by atoms with Crippen LogP contribution in [0.2, 0.25) is 0 Å². The summed E-state index contributed by atoms with van der Waals surface area (Å²) in [6.07, 6.45) is 7.09. The largest absolute Gasteiger partial charge is 0.481 e. The van der Waals surface area contributed by atoms with Gasteiger partial charge in [0.25, 0.3) is 0 Å². The third kappa shape index (κ3) is 4.44. The van der Waals surface area contributed by atoms with Crippen molar-refractivity contribution < 1.29 is 14.7 Å². The molecular formula is C15H21N3O3. The molecule has 2 amide bonds. The molecule has 6 heteroatoms. The Balaban J connectivity index is 1.90. The molecule has 0 unspecified atom stereocenters. The first-order valence-electron chi connectivity index (χ1n) is 7.27. The first-order chi connectivity index (χ1) is 10.1. The van der Waals surface area contributed by atoms with Crippen molar-refractivity contribution in [2.45, 2.75) is 44.6 Å². The number of carbonyl (C=O) groups excluding carboxylic acids is 1. The van der Waals surface area contributed by atoms with Gasteiger partial charge in [0.05, 0.1) is 24.0 Å². The quantitative estimate of drug-likeness (QED) is 0.893. The van der Waals surface area contributed by atoms with Crippen LogP contribution in [-0.4, -0.2) is 40.1 Å². The Bertz CT molecular complexity index is 495. The lowest BCUT2D eigenvalue weighted by Gasteiger charge is -2.31. The molecule has 1 aromatic rings. The van der Waals surface area contributed by atoms with Crippen LogP contribution >= 0.6 is 0 Å². The van der Waals surface area contributed by atoms with Gasteiger partial charge >= 0.3 is 12.0 Å². The van der Waals surface area contributed by atoms with Gasteiger partial charge in [0.15, 0.2) is 0 Å². The van der Waals surface area contributed by atoms with Gasteiger partial charge in [0.1, 0.15) is 0 Å². The summed E-state index contributed by atoms with van der Waals surface area (Å²) in [7, 11) is 1.82. The van der Waals surface area contributed by atoms with Crippen molar-refractivity contribution in [3.8, 4) is 0 Å². The number of aliphatic carboxylic acids is 1. The van der Waals surface area contributed by atoms with E-state index in [1.54, 1.807) is 17.0 Å². The fourth-order valence-electron chi connectivity index (χ4n) is 2.60. The lowest BCUT2D eigenvalue weighted by atomic mass is 9.95. The van der Waals surface area contributed by atoms with Gasteiger partial charge in [-0.2, -0.15) is 0 Å². The third-order valence-corrected chi connectivity index (χ3v) is 3.85. The van der Waals surface area contributed by atoms with Crippen LogP contribution in [0.4, 0.5) is 10.5 Å². The van der Waals surface area contributed by atoms with E-state index >= 15 is 0 Å². The molecule has 114 valence electrons. The predicted octanol–water partition coefficient (Wildman–Crippen LogP) is 2.51. The van der Waals surface area contributed by atoms with E-state index in [4.69, 9.17) is 5.11 Å². The fraction of sp³-hybridized carbons (Fsp3) is 0.533. The lowest BCUT2D eigenvalue weighted by Crippen LogP contribution is -2.40. The van der Waals surface area contributed by atoms with Crippen LogP contribution in [0.25, 0.3) is 0 Å². The maximum absolute atomic E-state index is 12.2. The molecule has 2 rings (SSSR count). The molecule has 1 aliphatic carbocycles. The molecule has 1 saturated carbocycles. The van der Waals surface area contributed by atoms with Gasteiger partial charge in [0.2, 0.25) is 0 Å². The number of amides is 2. The smallest absolute Gasteiger partial charge is 0.321 e. The highest BCUT2D eigenvalue weighted by molar-refractivity contribution is 5.89. The molecule has 1 fully saturated rings. The maximum atomic E-state index is 12.2. The van der Waals surface area contributed by atoms with E-state index in [0.717, 1.165) is 12.8 Å². The number of anilines is 1. The normalized spacial score (nSPS) is 15.5. The van der Waals surface area contributed by atoms with Crippen LogP contribution in [0.15, 0.2) is 18.3 Å². The number of urea groups is 1. The Labute approximate surface area is 124 Å². The van der Waals surface area contributed by atoms with Crippen LogP contribution in [0.1, 0.15) is 37.8 Å². The molecule has 1 heterocycles. The average molecular weight is 291 g/mol. The summed E-state index contributed by atoms with van der Waals surface area (Å²) in [5.41, 5.74) is 1.05. The molecule has 1 aromatic heterocycles. The van der Waals surface area contributed by atoms with Gasteiger partial charge < -0.3 is 15.3 Å². The molecule has 0 spiro atoms. The number of carbonyl (C=O) groups is 2. The second-order valence-corrected chi connectivity index (χ2v) is 5.44. The standard InChI is InChI=1S/C15H21N3O3/c1-18(13-5-3-2-4-6-13)15(21)17-12-8-7-11(16-10-12)9-14(19)20/h7-8,10,13H,2-6,9H2,1H3,(H,17,21)(H,19,20). The first kappa shape index (κ1) is 15.3. The zero-order valence-electron chi connectivity index (χ0n) is 12.2. The number of carboxylic acids is 1. The zero-order valence-corrected chi connectivity index (χ0v) is 12.2. The van der Waals surface area contributed by atoms with Crippen molar-refractivity contribution >= 4 is 17.7 Å². The van der Waals surface area contributed by atoms with Gasteiger partial charge in [0, 0.05) is 13.1 Å². The minimum absolute atomic E-state index is 0.115. The number of rotatable bonds is 4. The summed E-state index contributed by atoms with van der Waals surface area (Å²) in [6.45, 7) is 0. The van der Waals surface area contributed by atoms with Gasteiger partial charge in [-0.15, -0.1) is 0 Å². The van der Waals surface area contributed by atoms with Crippen molar-refractivity contribution in [3.05, 3.63) is 24.0 Å². The van der Waals surface area contributed by atoms with Gasteiger partial charge in [-0.3, -0.25) is 9.78 Å². The van der Waals surface area contributed by atoms with Crippen LogP contribution in [0, 0.1) is 0 Å². The Morgan fingerprint density at radius 2 is 2.05 bits per heavy atom. The van der Waals surface area contributed by atoms with Crippen molar-refractivity contribution in [2.24, 2.45) is 0 Å². The van der Waals surface area contributed by atoms with Crippen LogP contribution in [0.3, 0.4) is 0 Å². The number of nitrogens with one attached hydrogen (secondary N) is 1. The molecule has 6 nitrogen and oxygen atoms in total. The molecular weight excluding hydrogens is 270 g/mol. The minimum atomic E-state index is -0.920. The van der Waals surface area contributed by atoms with Gasteiger partial charge in [-0.05, 0) is 25.0 Å². The Morgan fingerprint density at radius 1 is 1.33 bits per heavy atom. The molecule has 0 aliphatic heterocycles. The average Bonchev–Trinajstić information content (AvgIpc) is 2.49. The lowest BCUT2D eigenvalue weighted by molar-refractivity contribution is -0.136. The van der Waals surface area contributed by atoms with E-state index in [9.17, 15) is 9.59 Å². The van der Waals surface area contributed by atoms with E-state index in [1.165, 1.54) is 25.5 Å². The zero-order chi connectivity index (χ0) is 15.2. The predicted molar refractivity (Wildman–Crippen MR) is 79.2 cm³/mol. The highest BCUT2D eigenvalue weighted by Gasteiger charge is 2.22. The number of nitrogens with zero attached hydrogens (tertiary/aromatic N) is 2. The van der Waals surface area contributed by atoms with E-state index < -0.39 is 5.97 Å². The maximum Gasteiger partial charge on any atom is 0.321 e. The number of carboxylic acid groups (broad SMARTS) is 1. The summed E-state index contributed by atoms with van der Waals surface area (Å²) in [4.78, 5) is 28.5. The van der Waals surface area contributed by atoms with Crippen molar-refractivity contribution in [1.82, 2.24) is 9.88 Å². The number of hydrogen-bond acceptors (Lipinski definition) is 3. The van der Waals surface area contributed by atoms with Crippen LogP contribution in [-0.2, 0) is 11.2 Å². The van der Waals surface area contributed by atoms with E-state index in [1.807, 2.05) is 7.05 Å². The molecule has 0 radical (unpaired) electrons. The molecule has 21 heavy (non-hydrogen) atoms. The summed E-state index contributed by atoms with van der Waals surface area (Å²) in [5.74, 6) is -0.920. The third-order valence-electron chi connectivity index (χ3n) is 3.85. The van der Waals surface area contributed by atoms with Crippen molar-refractivity contribution in [2.75, 3.05) is 12.4 Å². The second-order valence-electron chi connectivity index (χ2n) is 5.44. The molecule has 0 saturated heterocycles. The van der Waals surface area contributed by atoms with E-state index in [-0.39, 0.29) is 12.5 Å². The fourth-order valence-corrected chi connectivity index (χ4v) is 2.60. The SMILES string of the molecule is CN(C(=O)Nc1ccc(CC(=O)O)nc1)C1CCCCC1. The van der Waals surface area contributed by atoms with Crippen LogP contribution < -0.4 is 5.32 Å². The van der Waals surface area contributed by atoms with Crippen molar-refractivity contribution in [3.63, 3.8) is 0 Å². The van der Waals surface area contributed by atoms with Gasteiger partial charge in [-0.25, -0.2) is 4.79 Å². The first-order valence-corrected chi connectivity index (χ1v) is 7.27. The summed E-state index contributed by atoms with van der Waals surface area (Å²) in [6, 6.07) is 3.45. The summed E-state index contributed by atoms with van der Waals surface area (Å²) in [5, 5.41) is 11.5. The number of aromatic nitrogens is 1. The molecule has 1 aliphatic rings. The van der Waals surface area contributed by atoms with E-state index in [0.29, 0.717) is 17.4 Å². The molecule has 2 N–H and O–H groups in total. The summed E-state index contributed by atoms with van der Waals surface area (Å²) < 4.78 is 0. The Hall–Kier alpha value is -2.11. The molecule has 0 atom stereocenters. The van der Waals surface area contributed by atoms with Gasteiger partial charge in [-0.1, -0.05) is 19.3 Å². The highest BCUT2D eigenvalue weighted by atomic mass is 16.4.